The molecule has 0 saturated heterocycles. The molecule has 0 saturated carbocycles. The zero-order chi connectivity index (χ0) is 13.2. The van der Waals surface area contributed by atoms with Gasteiger partial charge in [0, 0.05) is 11.6 Å². The number of aromatic nitrogens is 3. The van der Waals surface area contributed by atoms with E-state index in [4.69, 9.17) is 0 Å². The maximum Gasteiger partial charge on any atom is 0.257 e. The number of H-pyrrole nitrogens is 1. The molecule has 3 aromatic rings. The Morgan fingerprint density at radius 1 is 1.26 bits per heavy atom. The van der Waals surface area contributed by atoms with Gasteiger partial charge in [-0.15, -0.1) is 0 Å². The van der Waals surface area contributed by atoms with E-state index in [0.29, 0.717) is 5.69 Å². The average Bonchev–Trinajstić information content (AvgIpc) is 2.88. The SMILES string of the molecule is O=C(Nc1cccc2cn[nH]c12)c1cncc(O)c1. The molecule has 3 N–H and O–H groups in total. The Morgan fingerprint density at radius 2 is 2.16 bits per heavy atom. The summed E-state index contributed by atoms with van der Waals surface area (Å²) >= 11 is 0. The minimum absolute atomic E-state index is 0.0487. The van der Waals surface area contributed by atoms with E-state index in [1.165, 1.54) is 18.5 Å². The van der Waals surface area contributed by atoms with E-state index in [0.717, 1.165) is 10.9 Å². The molecular formula is C13H10N4O2. The monoisotopic (exact) mass is 254 g/mol. The van der Waals surface area contributed by atoms with Gasteiger partial charge in [0.15, 0.2) is 0 Å². The molecule has 0 radical (unpaired) electrons. The van der Waals surface area contributed by atoms with Crippen molar-refractivity contribution in [3.8, 4) is 5.75 Å². The molecule has 0 spiro atoms. The fraction of sp³-hybridized carbons (Fsp3) is 0. The van der Waals surface area contributed by atoms with Gasteiger partial charge in [-0.05, 0) is 12.1 Å². The van der Waals surface area contributed by atoms with Gasteiger partial charge in [-0.2, -0.15) is 5.10 Å². The lowest BCUT2D eigenvalue weighted by atomic mass is 10.2. The van der Waals surface area contributed by atoms with Gasteiger partial charge in [-0.25, -0.2) is 0 Å². The standard InChI is InChI=1S/C13H10N4O2/c18-10-4-9(5-14-7-10)13(19)16-11-3-1-2-8-6-15-17-12(8)11/h1-7,18H,(H,15,17)(H,16,19). The van der Waals surface area contributed by atoms with Gasteiger partial charge in [0.05, 0.1) is 29.2 Å². The summed E-state index contributed by atoms with van der Waals surface area (Å²) < 4.78 is 0. The first kappa shape index (κ1) is 11.2. The van der Waals surface area contributed by atoms with Crippen LogP contribution < -0.4 is 5.32 Å². The summed E-state index contributed by atoms with van der Waals surface area (Å²) in [7, 11) is 0. The number of rotatable bonds is 2. The summed E-state index contributed by atoms with van der Waals surface area (Å²) in [5.74, 6) is -0.391. The normalized spacial score (nSPS) is 10.5. The molecule has 0 bridgehead atoms. The number of amides is 1. The summed E-state index contributed by atoms with van der Waals surface area (Å²) in [6, 6.07) is 6.85. The van der Waals surface area contributed by atoms with Gasteiger partial charge in [-0.1, -0.05) is 12.1 Å². The van der Waals surface area contributed by atoms with Crippen LogP contribution in [0.25, 0.3) is 10.9 Å². The van der Waals surface area contributed by atoms with Crippen molar-refractivity contribution in [2.45, 2.75) is 0 Å². The minimum atomic E-state index is -0.342. The second-order valence-corrected chi connectivity index (χ2v) is 4.03. The van der Waals surface area contributed by atoms with Crippen molar-refractivity contribution in [2.75, 3.05) is 5.32 Å². The third-order valence-corrected chi connectivity index (χ3v) is 2.71. The highest BCUT2D eigenvalue weighted by molar-refractivity contribution is 6.08. The number of hydrogen-bond acceptors (Lipinski definition) is 4. The van der Waals surface area contributed by atoms with Crippen LogP contribution in [0.4, 0.5) is 5.69 Å². The van der Waals surface area contributed by atoms with Crippen LogP contribution in [0.5, 0.6) is 5.75 Å². The largest absolute Gasteiger partial charge is 0.506 e. The van der Waals surface area contributed by atoms with Crippen molar-refractivity contribution in [2.24, 2.45) is 0 Å². The van der Waals surface area contributed by atoms with Crippen LogP contribution in [0.3, 0.4) is 0 Å². The number of carbonyl (C=O) groups excluding carboxylic acids is 1. The van der Waals surface area contributed by atoms with Crippen LogP contribution in [-0.2, 0) is 0 Å². The highest BCUT2D eigenvalue weighted by Crippen LogP contribution is 2.21. The smallest absolute Gasteiger partial charge is 0.257 e. The third kappa shape index (κ3) is 2.11. The molecule has 6 heteroatoms. The van der Waals surface area contributed by atoms with Gasteiger partial charge in [0.1, 0.15) is 5.75 Å². The van der Waals surface area contributed by atoms with Crippen molar-refractivity contribution < 1.29 is 9.90 Å². The number of aromatic amines is 1. The highest BCUT2D eigenvalue weighted by Gasteiger charge is 2.10. The Labute approximate surface area is 108 Å². The number of fused-ring (bicyclic) bond motifs is 1. The van der Waals surface area contributed by atoms with Gasteiger partial charge < -0.3 is 10.4 Å². The second-order valence-electron chi connectivity index (χ2n) is 4.03. The molecule has 2 aromatic heterocycles. The number of nitrogens with one attached hydrogen (secondary N) is 2. The third-order valence-electron chi connectivity index (χ3n) is 2.71. The Morgan fingerprint density at radius 3 is 3.00 bits per heavy atom. The summed E-state index contributed by atoms with van der Waals surface area (Å²) in [5, 5.41) is 19.7. The van der Waals surface area contributed by atoms with Crippen molar-refractivity contribution in [3.63, 3.8) is 0 Å². The molecule has 0 aliphatic heterocycles. The first-order chi connectivity index (χ1) is 9.24. The summed E-state index contributed by atoms with van der Waals surface area (Å²) in [5.41, 5.74) is 1.67. The lowest BCUT2D eigenvalue weighted by molar-refractivity contribution is 0.102. The average molecular weight is 254 g/mol. The molecule has 0 fully saturated rings. The van der Waals surface area contributed by atoms with Crippen LogP contribution in [-0.4, -0.2) is 26.2 Å². The molecule has 1 aromatic carbocycles. The van der Waals surface area contributed by atoms with Crippen LogP contribution in [0.1, 0.15) is 10.4 Å². The van der Waals surface area contributed by atoms with Crippen molar-refractivity contribution in [1.29, 1.82) is 0 Å². The number of benzene rings is 1. The van der Waals surface area contributed by atoms with Crippen LogP contribution >= 0.6 is 0 Å². The minimum Gasteiger partial charge on any atom is -0.506 e. The molecule has 19 heavy (non-hydrogen) atoms. The zero-order valence-corrected chi connectivity index (χ0v) is 9.79. The lowest BCUT2D eigenvalue weighted by Gasteiger charge is -2.06. The zero-order valence-electron chi connectivity index (χ0n) is 9.79. The summed E-state index contributed by atoms with van der Waals surface area (Å²) in [4.78, 5) is 15.8. The molecule has 0 atom stereocenters. The molecule has 1 amide bonds. The second kappa shape index (κ2) is 4.41. The highest BCUT2D eigenvalue weighted by atomic mass is 16.3. The Hall–Kier alpha value is -2.89. The Bertz CT molecular complexity index is 751. The first-order valence-electron chi connectivity index (χ1n) is 5.61. The predicted octanol–water partition coefficient (Wildman–Crippen LogP) is 1.92. The predicted molar refractivity (Wildman–Crippen MR) is 69.9 cm³/mol. The number of nitrogens with zero attached hydrogens (tertiary/aromatic N) is 2. The molecule has 2 heterocycles. The van der Waals surface area contributed by atoms with E-state index in [1.807, 2.05) is 12.1 Å². The van der Waals surface area contributed by atoms with Gasteiger partial charge in [0.25, 0.3) is 5.91 Å². The van der Waals surface area contributed by atoms with Crippen LogP contribution in [0.15, 0.2) is 42.9 Å². The van der Waals surface area contributed by atoms with E-state index >= 15 is 0 Å². The Kier molecular flexibility index (Phi) is 2.60. The first-order valence-corrected chi connectivity index (χ1v) is 5.61. The maximum atomic E-state index is 12.0. The van der Waals surface area contributed by atoms with Crippen LogP contribution in [0, 0.1) is 0 Å². The number of carbonyl (C=O) groups is 1. The summed E-state index contributed by atoms with van der Waals surface area (Å²) in [6.07, 6.45) is 4.34. The molecule has 3 rings (SSSR count). The van der Waals surface area contributed by atoms with E-state index in [-0.39, 0.29) is 17.2 Å². The molecule has 0 aliphatic rings. The Balaban J connectivity index is 1.93. The van der Waals surface area contributed by atoms with Gasteiger partial charge in [-0.3, -0.25) is 14.9 Å². The lowest BCUT2D eigenvalue weighted by Crippen LogP contribution is -2.12. The van der Waals surface area contributed by atoms with E-state index in [9.17, 15) is 9.90 Å². The fourth-order valence-electron chi connectivity index (χ4n) is 1.82. The molecule has 0 aliphatic carbocycles. The van der Waals surface area contributed by atoms with Gasteiger partial charge >= 0.3 is 0 Å². The fourth-order valence-corrected chi connectivity index (χ4v) is 1.82. The van der Waals surface area contributed by atoms with E-state index in [2.05, 4.69) is 20.5 Å². The van der Waals surface area contributed by atoms with Gasteiger partial charge in [0.2, 0.25) is 0 Å². The number of hydrogen-bond donors (Lipinski definition) is 3. The quantitative estimate of drug-likeness (QED) is 0.651. The number of para-hydroxylation sites is 1. The maximum absolute atomic E-state index is 12.0. The van der Waals surface area contributed by atoms with Crippen molar-refractivity contribution in [3.05, 3.63) is 48.4 Å². The van der Waals surface area contributed by atoms with E-state index in [1.54, 1.807) is 12.3 Å². The molecule has 0 unspecified atom stereocenters. The summed E-state index contributed by atoms with van der Waals surface area (Å²) in [6.45, 7) is 0. The molecular weight excluding hydrogens is 244 g/mol. The van der Waals surface area contributed by atoms with E-state index < -0.39 is 0 Å². The number of anilines is 1. The molecule has 6 nitrogen and oxygen atoms in total. The number of aromatic hydroxyl groups is 1. The molecule has 94 valence electrons. The van der Waals surface area contributed by atoms with Crippen LogP contribution in [0.2, 0.25) is 0 Å². The van der Waals surface area contributed by atoms with Crippen molar-refractivity contribution in [1.82, 2.24) is 15.2 Å². The van der Waals surface area contributed by atoms with Crippen molar-refractivity contribution >= 4 is 22.5 Å². The topological polar surface area (TPSA) is 90.9 Å². The number of pyridine rings is 1.